The van der Waals surface area contributed by atoms with E-state index < -0.39 is 0 Å². The van der Waals surface area contributed by atoms with Crippen LogP contribution in [0, 0.1) is 0 Å². The van der Waals surface area contributed by atoms with Gasteiger partial charge in [-0.25, -0.2) is 0 Å². The summed E-state index contributed by atoms with van der Waals surface area (Å²) >= 11 is 5.81. The highest BCUT2D eigenvalue weighted by molar-refractivity contribution is 6.29. The Morgan fingerprint density at radius 3 is 2.20 bits per heavy atom. The van der Waals surface area contributed by atoms with E-state index in [1.807, 2.05) is 27.7 Å². The molecule has 1 heterocycles. The molecule has 0 amide bonds. The lowest BCUT2D eigenvalue weighted by molar-refractivity contribution is 0.203. The fraction of sp³-hybridized carbons (Fsp3) is 0.600. The van der Waals surface area contributed by atoms with Gasteiger partial charge in [0.15, 0.2) is 0 Å². The molecule has 0 saturated heterocycles. The van der Waals surface area contributed by atoms with Crippen LogP contribution in [0.3, 0.4) is 0 Å². The highest BCUT2D eigenvalue weighted by atomic mass is 35.5. The number of nitrogens with zero attached hydrogens (tertiary/aromatic N) is 2. The molecule has 84 valence electrons. The number of hydrogen-bond acceptors (Lipinski definition) is 4. The molecule has 0 unspecified atom stereocenters. The van der Waals surface area contributed by atoms with Crippen molar-refractivity contribution in [2.75, 3.05) is 0 Å². The van der Waals surface area contributed by atoms with Crippen molar-refractivity contribution in [3.8, 4) is 11.9 Å². The second-order valence-corrected chi connectivity index (χ2v) is 4.03. The topological polar surface area (TPSA) is 44.2 Å². The van der Waals surface area contributed by atoms with E-state index in [9.17, 15) is 0 Å². The first-order chi connectivity index (χ1) is 6.97. The van der Waals surface area contributed by atoms with Gasteiger partial charge in [0, 0.05) is 6.07 Å². The van der Waals surface area contributed by atoms with E-state index in [1.165, 1.54) is 0 Å². The number of aromatic nitrogens is 2. The predicted octanol–water partition coefficient (Wildman–Crippen LogP) is 2.70. The van der Waals surface area contributed by atoms with Crippen LogP contribution in [0.1, 0.15) is 27.7 Å². The molecule has 1 aromatic heterocycles. The Morgan fingerprint density at radius 1 is 1.07 bits per heavy atom. The summed E-state index contributed by atoms with van der Waals surface area (Å²) in [4.78, 5) is 8.01. The molecule has 0 aliphatic rings. The van der Waals surface area contributed by atoms with Crippen molar-refractivity contribution in [1.82, 2.24) is 9.97 Å². The summed E-state index contributed by atoms with van der Waals surface area (Å²) < 4.78 is 10.7. The van der Waals surface area contributed by atoms with E-state index >= 15 is 0 Å². The number of ether oxygens (including phenoxy) is 2. The Kier molecular flexibility index (Phi) is 4.15. The van der Waals surface area contributed by atoms with Crippen molar-refractivity contribution in [2.45, 2.75) is 39.9 Å². The van der Waals surface area contributed by atoms with E-state index in [0.717, 1.165) is 0 Å². The quantitative estimate of drug-likeness (QED) is 0.746. The molecule has 0 spiro atoms. The summed E-state index contributed by atoms with van der Waals surface area (Å²) in [5.41, 5.74) is 0. The minimum absolute atomic E-state index is 0.00960. The molecule has 0 fully saturated rings. The third kappa shape index (κ3) is 4.34. The largest absolute Gasteiger partial charge is 0.475 e. The van der Waals surface area contributed by atoms with Crippen LogP contribution in [0.5, 0.6) is 11.9 Å². The molecule has 0 N–H and O–H groups in total. The molecular weight excluding hydrogens is 216 g/mol. The zero-order valence-electron chi connectivity index (χ0n) is 9.32. The predicted molar refractivity (Wildman–Crippen MR) is 58.6 cm³/mol. The normalized spacial score (nSPS) is 10.9. The fourth-order valence-electron chi connectivity index (χ4n) is 0.942. The minimum atomic E-state index is 0.00960. The molecule has 4 nitrogen and oxygen atoms in total. The van der Waals surface area contributed by atoms with E-state index in [-0.39, 0.29) is 18.2 Å². The van der Waals surface area contributed by atoms with Gasteiger partial charge in [-0.2, -0.15) is 9.97 Å². The molecule has 5 heteroatoms. The lowest BCUT2D eigenvalue weighted by Gasteiger charge is -2.11. The van der Waals surface area contributed by atoms with Crippen LogP contribution in [-0.2, 0) is 0 Å². The van der Waals surface area contributed by atoms with E-state index in [2.05, 4.69) is 9.97 Å². The Morgan fingerprint density at radius 2 is 1.67 bits per heavy atom. The summed E-state index contributed by atoms with van der Waals surface area (Å²) in [6.45, 7) is 7.62. The molecule has 0 radical (unpaired) electrons. The Bertz CT molecular complexity index is 301. The summed E-state index contributed by atoms with van der Waals surface area (Å²) in [5.74, 6) is 0.431. The molecule has 0 aromatic carbocycles. The van der Waals surface area contributed by atoms with Gasteiger partial charge in [0.2, 0.25) is 5.88 Å². The van der Waals surface area contributed by atoms with Crippen molar-refractivity contribution in [2.24, 2.45) is 0 Å². The first-order valence-corrected chi connectivity index (χ1v) is 5.23. The lowest BCUT2D eigenvalue weighted by Crippen LogP contribution is -2.11. The second kappa shape index (κ2) is 5.16. The van der Waals surface area contributed by atoms with Gasteiger partial charge < -0.3 is 9.47 Å². The summed E-state index contributed by atoms with van der Waals surface area (Å²) in [6, 6.07) is 1.81. The third-order valence-electron chi connectivity index (χ3n) is 1.35. The number of hydrogen-bond donors (Lipinski definition) is 0. The maximum atomic E-state index is 5.81. The van der Waals surface area contributed by atoms with Gasteiger partial charge >= 0.3 is 6.01 Å². The van der Waals surface area contributed by atoms with Crippen LogP contribution < -0.4 is 9.47 Å². The molecular formula is C10H15ClN2O2. The van der Waals surface area contributed by atoms with Gasteiger partial charge in [0.1, 0.15) is 5.15 Å². The van der Waals surface area contributed by atoms with Crippen LogP contribution in [0.15, 0.2) is 6.07 Å². The van der Waals surface area contributed by atoms with Gasteiger partial charge in [-0.05, 0) is 27.7 Å². The van der Waals surface area contributed by atoms with Crippen molar-refractivity contribution < 1.29 is 9.47 Å². The molecule has 1 rings (SSSR count). The van der Waals surface area contributed by atoms with Crippen molar-refractivity contribution in [3.63, 3.8) is 0 Å². The molecule has 0 aliphatic carbocycles. The molecule has 1 aromatic rings. The van der Waals surface area contributed by atoms with E-state index in [4.69, 9.17) is 21.1 Å². The maximum absolute atomic E-state index is 5.81. The van der Waals surface area contributed by atoms with Crippen molar-refractivity contribution >= 4 is 11.6 Å². The average molecular weight is 231 g/mol. The molecule has 0 bridgehead atoms. The fourth-order valence-corrected chi connectivity index (χ4v) is 1.11. The lowest BCUT2D eigenvalue weighted by atomic mass is 10.5. The smallest absolute Gasteiger partial charge is 0.321 e. The highest BCUT2D eigenvalue weighted by Crippen LogP contribution is 2.19. The van der Waals surface area contributed by atoms with E-state index in [1.54, 1.807) is 6.07 Å². The molecule has 0 aliphatic heterocycles. The SMILES string of the molecule is CC(C)Oc1cc(Cl)nc(OC(C)C)n1. The summed E-state index contributed by atoms with van der Waals surface area (Å²) in [6.07, 6.45) is 0.0539. The highest BCUT2D eigenvalue weighted by Gasteiger charge is 2.08. The van der Waals surface area contributed by atoms with Crippen LogP contribution >= 0.6 is 11.6 Å². The van der Waals surface area contributed by atoms with Gasteiger partial charge in [-0.1, -0.05) is 11.6 Å². The van der Waals surface area contributed by atoms with Crippen LogP contribution in [0.2, 0.25) is 5.15 Å². The van der Waals surface area contributed by atoms with Gasteiger partial charge in [-0.3, -0.25) is 0 Å². The van der Waals surface area contributed by atoms with Crippen molar-refractivity contribution in [1.29, 1.82) is 0 Å². The molecule has 0 atom stereocenters. The first kappa shape index (κ1) is 12.0. The number of halogens is 1. The standard InChI is InChI=1S/C10H15ClN2O2/c1-6(2)14-9-5-8(11)12-10(13-9)15-7(3)4/h5-7H,1-4H3. The van der Waals surface area contributed by atoms with Crippen molar-refractivity contribution in [3.05, 3.63) is 11.2 Å². The third-order valence-corrected chi connectivity index (χ3v) is 1.54. The second-order valence-electron chi connectivity index (χ2n) is 3.64. The zero-order valence-corrected chi connectivity index (χ0v) is 10.1. The van der Waals surface area contributed by atoms with E-state index in [0.29, 0.717) is 11.0 Å². The van der Waals surface area contributed by atoms with Gasteiger partial charge in [-0.15, -0.1) is 0 Å². The Hall–Kier alpha value is -1.03. The minimum Gasteiger partial charge on any atom is -0.475 e. The monoisotopic (exact) mass is 230 g/mol. The number of rotatable bonds is 4. The average Bonchev–Trinajstić information content (AvgIpc) is 1.98. The summed E-state index contributed by atoms with van der Waals surface area (Å²) in [5, 5.41) is 0.316. The Balaban J connectivity index is 2.84. The van der Waals surface area contributed by atoms with Crippen LogP contribution in [0.25, 0.3) is 0 Å². The molecule has 0 saturated carbocycles. The maximum Gasteiger partial charge on any atom is 0.321 e. The Labute approximate surface area is 94.6 Å². The van der Waals surface area contributed by atoms with Crippen LogP contribution in [-0.4, -0.2) is 22.2 Å². The van der Waals surface area contributed by atoms with Crippen LogP contribution in [0.4, 0.5) is 0 Å². The first-order valence-electron chi connectivity index (χ1n) is 4.85. The van der Waals surface area contributed by atoms with Gasteiger partial charge in [0.25, 0.3) is 0 Å². The molecule has 15 heavy (non-hydrogen) atoms. The van der Waals surface area contributed by atoms with Gasteiger partial charge in [0.05, 0.1) is 12.2 Å². The summed E-state index contributed by atoms with van der Waals surface area (Å²) in [7, 11) is 0. The zero-order chi connectivity index (χ0) is 11.4.